The monoisotopic (exact) mass is 377 g/mol. The lowest BCUT2D eigenvalue weighted by Gasteiger charge is -2.15. The summed E-state index contributed by atoms with van der Waals surface area (Å²) in [5.41, 5.74) is 2.01. The Labute approximate surface area is 163 Å². The summed E-state index contributed by atoms with van der Waals surface area (Å²) >= 11 is 0. The van der Waals surface area contributed by atoms with E-state index >= 15 is 0 Å². The summed E-state index contributed by atoms with van der Waals surface area (Å²) in [6, 6.07) is 18.1. The molecule has 2 heterocycles. The second-order valence-electron chi connectivity index (χ2n) is 7.42. The second-order valence-corrected chi connectivity index (χ2v) is 7.42. The molecule has 4 rings (SSSR count). The largest absolute Gasteiger partial charge is 0.347 e. The van der Waals surface area contributed by atoms with Crippen molar-refractivity contribution in [2.75, 3.05) is 13.1 Å². The quantitative estimate of drug-likeness (QED) is 0.667. The number of benzene rings is 2. The fourth-order valence-corrected chi connectivity index (χ4v) is 3.95. The second kappa shape index (κ2) is 8.35. The van der Waals surface area contributed by atoms with Crippen LogP contribution in [0.25, 0.3) is 10.9 Å². The number of likely N-dealkylation sites (tertiary alicyclic amines) is 1. The number of quaternary nitrogens is 1. The van der Waals surface area contributed by atoms with Crippen molar-refractivity contribution in [1.82, 2.24) is 15.1 Å². The molecule has 2 atom stereocenters. The first-order valence-electron chi connectivity index (χ1n) is 9.81. The molecular formula is C22H25N4O2+. The minimum Gasteiger partial charge on any atom is -0.347 e. The van der Waals surface area contributed by atoms with Crippen molar-refractivity contribution in [2.45, 2.75) is 32.0 Å². The summed E-state index contributed by atoms with van der Waals surface area (Å²) in [7, 11) is 0. The highest BCUT2D eigenvalue weighted by Crippen LogP contribution is 2.08. The van der Waals surface area contributed by atoms with Gasteiger partial charge in [0.1, 0.15) is 6.54 Å². The molecule has 0 spiro atoms. The average Bonchev–Trinajstić information content (AvgIpc) is 3.15. The molecule has 3 aromatic rings. The Morgan fingerprint density at radius 1 is 1.14 bits per heavy atom. The van der Waals surface area contributed by atoms with Gasteiger partial charge in [-0.25, -0.2) is 0 Å². The number of fused-ring (bicyclic) bond motifs is 1. The lowest BCUT2D eigenvalue weighted by Crippen LogP contribution is -3.09. The number of amides is 1. The fourth-order valence-electron chi connectivity index (χ4n) is 3.95. The molecule has 6 nitrogen and oxygen atoms in total. The lowest BCUT2D eigenvalue weighted by molar-refractivity contribution is -0.901. The zero-order valence-electron chi connectivity index (χ0n) is 15.8. The van der Waals surface area contributed by atoms with E-state index in [9.17, 15) is 9.59 Å². The summed E-state index contributed by atoms with van der Waals surface area (Å²) in [4.78, 5) is 25.8. The average molecular weight is 377 g/mol. The summed E-state index contributed by atoms with van der Waals surface area (Å²) in [6.45, 7) is 3.49. The minimum atomic E-state index is -0.0938. The van der Waals surface area contributed by atoms with Crippen molar-refractivity contribution in [3.63, 3.8) is 0 Å². The molecule has 2 aromatic carbocycles. The highest BCUT2D eigenvalue weighted by atomic mass is 16.1. The fraction of sp³-hybridized carbons (Fsp3) is 0.318. The molecule has 2 N–H and O–H groups in total. The number of nitrogens with zero attached hydrogens (tertiary/aromatic N) is 2. The number of nitrogens with one attached hydrogen (secondary N) is 2. The van der Waals surface area contributed by atoms with Crippen molar-refractivity contribution >= 4 is 16.8 Å². The molecular weight excluding hydrogens is 352 g/mol. The topological polar surface area (TPSA) is 68.4 Å². The van der Waals surface area contributed by atoms with Crippen LogP contribution in [-0.4, -0.2) is 34.8 Å². The first-order chi connectivity index (χ1) is 13.7. The number of hydrogen-bond acceptors (Lipinski definition) is 3. The van der Waals surface area contributed by atoms with Gasteiger partial charge in [-0.05, 0) is 12.1 Å². The smallest absolute Gasteiger partial charge is 0.222 e. The van der Waals surface area contributed by atoms with Gasteiger partial charge in [-0.15, -0.1) is 0 Å². The third-order valence-corrected chi connectivity index (χ3v) is 5.36. The van der Waals surface area contributed by atoms with Crippen LogP contribution in [0.15, 0.2) is 65.6 Å². The van der Waals surface area contributed by atoms with Gasteiger partial charge in [0.2, 0.25) is 11.3 Å². The number of aromatic nitrogens is 2. The van der Waals surface area contributed by atoms with E-state index in [1.165, 1.54) is 16.7 Å². The van der Waals surface area contributed by atoms with Crippen LogP contribution in [0, 0.1) is 0 Å². The zero-order chi connectivity index (χ0) is 19.3. The maximum Gasteiger partial charge on any atom is 0.222 e. The van der Waals surface area contributed by atoms with Crippen LogP contribution in [0.1, 0.15) is 18.4 Å². The maximum atomic E-state index is 12.4. The van der Waals surface area contributed by atoms with Crippen LogP contribution in [0.4, 0.5) is 0 Å². The van der Waals surface area contributed by atoms with Crippen LogP contribution in [0.5, 0.6) is 0 Å². The Bertz CT molecular complexity index is 1020. The molecule has 1 unspecified atom stereocenters. The third-order valence-electron chi connectivity index (χ3n) is 5.36. The van der Waals surface area contributed by atoms with E-state index in [1.807, 2.05) is 24.3 Å². The number of hydrogen-bond donors (Lipinski definition) is 2. The molecule has 0 aliphatic carbocycles. The number of rotatable bonds is 6. The molecule has 1 amide bonds. The SMILES string of the molecule is O=C(CCn1ncc(=O)c2ccccc21)N[C@H]1CC[NH+](Cc2ccccc2)C1. The van der Waals surface area contributed by atoms with Crippen LogP contribution in [0.2, 0.25) is 0 Å². The molecule has 1 aliphatic heterocycles. The Morgan fingerprint density at radius 3 is 2.79 bits per heavy atom. The van der Waals surface area contributed by atoms with Gasteiger partial charge in [0.25, 0.3) is 0 Å². The molecule has 1 saturated heterocycles. The van der Waals surface area contributed by atoms with Crippen molar-refractivity contribution in [1.29, 1.82) is 0 Å². The van der Waals surface area contributed by atoms with E-state index in [2.05, 4.69) is 34.7 Å². The Kier molecular flexibility index (Phi) is 5.48. The first-order valence-corrected chi connectivity index (χ1v) is 9.81. The van der Waals surface area contributed by atoms with Gasteiger partial charge in [0.05, 0.1) is 37.4 Å². The zero-order valence-corrected chi connectivity index (χ0v) is 15.8. The van der Waals surface area contributed by atoms with Crippen LogP contribution < -0.4 is 15.6 Å². The van der Waals surface area contributed by atoms with E-state index in [1.54, 1.807) is 10.7 Å². The number of para-hydroxylation sites is 1. The normalized spacial score (nSPS) is 19.0. The third kappa shape index (κ3) is 4.28. The molecule has 6 heteroatoms. The van der Waals surface area contributed by atoms with Gasteiger partial charge in [-0.2, -0.15) is 5.10 Å². The van der Waals surface area contributed by atoms with E-state index in [-0.39, 0.29) is 17.4 Å². The number of carbonyl (C=O) groups excluding carboxylic acids is 1. The van der Waals surface area contributed by atoms with Gasteiger partial charge in [0, 0.05) is 23.8 Å². The molecule has 1 fully saturated rings. The summed E-state index contributed by atoms with van der Waals surface area (Å²) < 4.78 is 1.73. The molecule has 0 saturated carbocycles. The Balaban J connectivity index is 1.30. The highest BCUT2D eigenvalue weighted by molar-refractivity contribution is 5.79. The van der Waals surface area contributed by atoms with Gasteiger partial charge in [0.15, 0.2) is 0 Å². The Morgan fingerprint density at radius 2 is 1.93 bits per heavy atom. The maximum absolute atomic E-state index is 12.4. The van der Waals surface area contributed by atoms with E-state index in [0.29, 0.717) is 18.4 Å². The van der Waals surface area contributed by atoms with Crippen molar-refractivity contribution < 1.29 is 9.69 Å². The summed E-state index contributed by atoms with van der Waals surface area (Å²) in [5, 5.41) is 7.98. The molecule has 28 heavy (non-hydrogen) atoms. The van der Waals surface area contributed by atoms with Crippen LogP contribution in [-0.2, 0) is 17.9 Å². The van der Waals surface area contributed by atoms with E-state index in [4.69, 9.17) is 0 Å². The lowest BCUT2D eigenvalue weighted by atomic mass is 10.2. The van der Waals surface area contributed by atoms with Crippen molar-refractivity contribution in [3.05, 3.63) is 76.6 Å². The minimum absolute atomic E-state index is 0.0375. The number of carbonyl (C=O) groups is 1. The van der Waals surface area contributed by atoms with E-state index < -0.39 is 0 Å². The predicted octanol–water partition coefficient (Wildman–Crippen LogP) is 0.760. The number of aryl methyl sites for hydroxylation is 1. The summed E-state index contributed by atoms with van der Waals surface area (Å²) in [5.74, 6) is 0.0375. The predicted molar refractivity (Wildman–Crippen MR) is 108 cm³/mol. The van der Waals surface area contributed by atoms with E-state index in [0.717, 1.165) is 31.6 Å². The molecule has 0 radical (unpaired) electrons. The van der Waals surface area contributed by atoms with Gasteiger partial charge < -0.3 is 10.2 Å². The van der Waals surface area contributed by atoms with Crippen molar-refractivity contribution in [2.24, 2.45) is 0 Å². The molecule has 1 aromatic heterocycles. The van der Waals surface area contributed by atoms with Gasteiger partial charge in [-0.3, -0.25) is 14.3 Å². The Hall–Kier alpha value is -2.99. The first kappa shape index (κ1) is 18.4. The molecule has 144 valence electrons. The van der Waals surface area contributed by atoms with Crippen LogP contribution in [0.3, 0.4) is 0 Å². The standard InChI is InChI=1S/C22H24N4O2/c27-21-14-23-26(20-9-5-4-8-19(20)21)13-11-22(28)24-18-10-12-25(16-18)15-17-6-2-1-3-7-17/h1-9,14,18H,10-13,15-16H2,(H,24,28)/p+1/t18-/m0/s1. The molecule has 0 bridgehead atoms. The highest BCUT2D eigenvalue weighted by Gasteiger charge is 2.27. The van der Waals surface area contributed by atoms with Crippen LogP contribution >= 0.6 is 0 Å². The molecule has 1 aliphatic rings. The van der Waals surface area contributed by atoms with Gasteiger partial charge in [-0.1, -0.05) is 42.5 Å². The van der Waals surface area contributed by atoms with Gasteiger partial charge >= 0.3 is 0 Å². The van der Waals surface area contributed by atoms with Crippen molar-refractivity contribution in [3.8, 4) is 0 Å². The summed E-state index contributed by atoms with van der Waals surface area (Å²) in [6.07, 6.45) is 2.68.